The molecule has 0 atom stereocenters. The van der Waals surface area contributed by atoms with Crippen molar-refractivity contribution in [1.82, 2.24) is 9.97 Å². The first-order valence-electron chi connectivity index (χ1n) is 5.51. The summed E-state index contributed by atoms with van der Waals surface area (Å²) in [7, 11) is 0. The van der Waals surface area contributed by atoms with Gasteiger partial charge in [0.25, 0.3) is 0 Å². The Hall–Kier alpha value is -1.40. The van der Waals surface area contributed by atoms with E-state index in [0.717, 1.165) is 9.37 Å². The standard InChI is InChI=1S/C13H11BrN2O2S/c1-8-5-11(13(17)18)16-12(15-8)7-19-10-4-2-3-9(14)6-10/h2-6H,7H2,1H3,(H,17,18). The van der Waals surface area contributed by atoms with Gasteiger partial charge in [-0.1, -0.05) is 22.0 Å². The molecule has 0 spiro atoms. The summed E-state index contributed by atoms with van der Waals surface area (Å²) >= 11 is 4.98. The molecule has 1 N–H and O–H groups in total. The molecule has 1 aromatic carbocycles. The minimum atomic E-state index is -1.03. The second-order valence-corrected chi connectivity index (χ2v) is 5.83. The average Bonchev–Trinajstić information content (AvgIpc) is 2.36. The Balaban J connectivity index is 2.13. The second kappa shape index (κ2) is 6.16. The highest BCUT2D eigenvalue weighted by Gasteiger charge is 2.09. The van der Waals surface area contributed by atoms with Crippen LogP contribution in [0.2, 0.25) is 0 Å². The summed E-state index contributed by atoms with van der Waals surface area (Å²) in [5, 5.41) is 8.95. The molecule has 0 aliphatic heterocycles. The maximum atomic E-state index is 10.9. The number of aromatic carboxylic acids is 1. The molecule has 19 heavy (non-hydrogen) atoms. The van der Waals surface area contributed by atoms with E-state index in [4.69, 9.17) is 5.11 Å². The number of benzene rings is 1. The fourth-order valence-electron chi connectivity index (χ4n) is 1.51. The second-order valence-electron chi connectivity index (χ2n) is 3.86. The molecule has 4 nitrogen and oxygen atoms in total. The molecule has 2 aromatic rings. The minimum Gasteiger partial charge on any atom is -0.477 e. The molecule has 1 aromatic heterocycles. The molecule has 6 heteroatoms. The first kappa shape index (κ1) is 14.0. The molecule has 0 amide bonds. The highest BCUT2D eigenvalue weighted by atomic mass is 79.9. The van der Waals surface area contributed by atoms with Crippen LogP contribution in [0, 0.1) is 6.92 Å². The monoisotopic (exact) mass is 338 g/mol. The number of rotatable bonds is 4. The van der Waals surface area contributed by atoms with Gasteiger partial charge in [0.1, 0.15) is 5.82 Å². The van der Waals surface area contributed by atoms with E-state index < -0.39 is 5.97 Å². The van der Waals surface area contributed by atoms with E-state index in [1.807, 2.05) is 24.3 Å². The number of hydrogen-bond acceptors (Lipinski definition) is 4. The molecule has 0 aliphatic carbocycles. The zero-order chi connectivity index (χ0) is 13.8. The number of hydrogen-bond donors (Lipinski definition) is 1. The molecule has 0 radical (unpaired) electrons. The molecule has 0 saturated heterocycles. The molecule has 0 aliphatic rings. The van der Waals surface area contributed by atoms with E-state index in [1.165, 1.54) is 6.07 Å². The van der Waals surface area contributed by atoms with Crippen molar-refractivity contribution in [2.24, 2.45) is 0 Å². The smallest absolute Gasteiger partial charge is 0.354 e. The highest BCUT2D eigenvalue weighted by Crippen LogP contribution is 2.24. The third kappa shape index (κ3) is 4.04. The summed E-state index contributed by atoms with van der Waals surface area (Å²) in [5.41, 5.74) is 0.703. The van der Waals surface area contributed by atoms with E-state index >= 15 is 0 Å². The number of carbonyl (C=O) groups is 1. The van der Waals surface area contributed by atoms with Crippen LogP contribution >= 0.6 is 27.7 Å². The van der Waals surface area contributed by atoms with Gasteiger partial charge in [0.2, 0.25) is 0 Å². The van der Waals surface area contributed by atoms with Crippen LogP contribution in [-0.4, -0.2) is 21.0 Å². The average molecular weight is 339 g/mol. The van der Waals surface area contributed by atoms with E-state index in [2.05, 4.69) is 25.9 Å². The fourth-order valence-corrected chi connectivity index (χ4v) is 2.87. The van der Waals surface area contributed by atoms with Gasteiger partial charge in [0.15, 0.2) is 5.69 Å². The van der Waals surface area contributed by atoms with Crippen LogP contribution in [0.4, 0.5) is 0 Å². The quantitative estimate of drug-likeness (QED) is 0.864. The highest BCUT2D eigenvalue weighted by molar-refractivity contribution is 9.10. The van der Waals surface area contributed by atoms with Crippen LogP contribution in [0.1, 0.15) is 22.0 Å². The lowest BCUT2D eigenvalue weighted by atomic mass is 10.3. The largest absolute Gasteiger partial charge is 0.477 e. The number of nitrogens with zero attached hydrogens (tertiary/aromatic N) is 2. The Bertz CT molecular complexity index is 619. The summed E-state index contributed by atoms with van der Waals surface area (Å²) in [6.07, 6.45) is 0. The number of aromatic nitrogens is 2. The van der Waals surface area contributed by atoms with Crippen LogP contribution < -0.4 is 0 Å². The molecule has 0 unspecified atom stereocenters. The van der Waals surface area contributed by atoms with Crippen LogP contribution in [0.5, 0.6) is 0 Å². The normalized spacial score (nSPS) is 10.4. The van der Waals surface area contributed by atoms with Crippen molar-refractivity contribution in [2.75, 3.05) is 0 Å². The van der Waals surface area contributed by atoms with E-state index in [9.17, 15) is 4.79 Å². The summed E-state index contributed by atoms with van der Waals surface area (Å²) in [4.78, 5) is 20.3. The van der Waals surface area contributed by atoms with Crippen molar-refractivity contribution in [3.05, 3.63) is 52.0 Å². The van der Waals surface area contributed by atoms with Gasteiger partial charge >= 0.3 is 5.97 Å². The molecule has 0 saturated carbocycles. The molecule has 1 heterocycles. The summed E-state index contributed by atoms with van der Waals surface area (Å²) in [6, 6.07) is 9.36. The van der Waals surface area contributed by atoms with Gasteiger partial charge in [-0.2, -0.15) is 0 Å². The Morgan fingerprint density at radius 3 is 2.84 bits per heavy atom. The van der Waals surface area contributed by atoms with Crippen LogP contribution in [0.3, 0.4) is 0 Å². The van der Waals surface area contributed by atoms with Crippen molar-refractivity contribution < 1.29 is 9.90 Å². The lowest BCUT2D eigenvalue weighted by Gasteiger charge is -2.04. The Labute approximate surface area is 123 Å². The lowest BCUT2D eigenvalue weighted by molar-refractivity contribution is 0.0689. The van der Waals surface area contributed by atoms with E-state index in [1.54, 1.807) is 18.7 Å². The van der Waals surface area contributed by atoms with Crippen molar-refractivity contribution in [1.29, 1.82) is 0 Å². The number of carboxylic acids is 1. The van der Waals surface area contributed by atoms with E-state index in [-0.39, 0.29) is 5.69 Å². The summed E-state index contributed by atoms with van der Waals surface area (Å²) < 4.78 is 1.01. The lowest BCUT2D eigenvalue weighted by Crippen LogP contribution is -2.05. The fraction of sp³-hybridized carbons (Fsp3) is 0.154. The van der Waals surface area contributed by atoms with Crippen LogP contribution in [0.25, 0.3) is 0 Å². The van der Waals surface area contributed by atoms with Crippen molar-refractivity contribution in [3.8, 4) is 0 Å². The first-order chi connectivity index (χ1) is 9.04. The Morgan fingerprint density at radius 1 is 1.37 bits per heavy atom. The molecular weight excluding hydrogens is 328 g/mol. The molecule has 2 rings (SSSR count). The third-order valence-corrected chi connectivity index (χ3v) is 3.77. The molecule has 0 fully saturated rings. The number of aryl methyl sites for hydroxylation is 1. The van der Waals surface area contributed by atoms with Gasteiger partial charge in [0.05, 0.1) is 5.75 Å². The van der Waals surface area contributed by atoms with Gasteiger partial charge in [-0.3, -0.25) is 0 Å². The molecule has 0 bridgehead atoms. The summed E-state index contributed by atoms with van der Waals surface area (Å²) in [6.45, 7) is 1.77. The number of carboxylic acid groups (broad SMARTS) is 1. The Kier molecular flexibility index (Phi) is 4.55. The van der Waals surface area contributed by atoms with Gasteiger partial charge in [0, 0.05) is 15.1 Å². The van der Waals surface area contributed by atoms with Gasteiger partial charge in [-0.15, -0.1) is 11.8 Å². The number of halogens is 1. The Morgan fingerprint density at radius 2 is 2.16 bits per heavy atom. The maximum Gasteiger partial charge on any atom is 0.354 e. The minimum absolute atomic E-state index is 0.0392. The zero-order valence-corrected chi connectivity index (χ0v) is 12.5. The van der Waals surface area contributed by atoms with Crippen LogP contribution in [0.15, 0.2) is 39.7 Å². The van der Waals surface area contributed by atoms with Crippen molar-refractivity contribution >= 4 is 33.7 Å². The van der Waals surface area contributed by atoms with Crippen LogP contribution in [-0.2, 0) is 5.75 Å². The summed E-state index contributed by atoms with van der Waals surface area (Å²) in [5.74, 6) is 0.0416. The first-order valence-corrected chi connectivity index (χ1v) is 7.28. The zero-order valence-electron chi connectivity index (χ0n) is 10.1. The molecular formula is C13H11BrN2O2S. The third-order valence-electron chi connectivity index (χ3n) is 2.28. The van der Waals surface area contributed by atoms with Gasteiger partial charge in [-0.25, -0.2) is 14.8 Å². The van der Waals surface area contributed by atoms with Crippen molar-refractivity contribution in [3.63, 3.8) is 0 Å². The van der Waals surface area contributed by atoms with Crippen molar-refractivity contribution in [2.45, 2.75) is 17.6 Å². The van der Waals surface area contributed by atoms with Gasteiger partial charge in [-0.05, 0) is 31.2 Å². The topological polar surface area (TPSA) is 63.1 Å². The van der Waals surface area contributed by atoms with E-state index in [0.29, 0.717) is 17.3 Å². The van der Waals surface area contributed by atoms with Gasteiger partial charge < -0.3 is 5.11 Å². The predicted octanol–water partition coefficient (Wildman–Crippen LogP) is 3.54. The number of thioether (sulfide) groups is 1. The maximum absolute atomic E-state index is 10.9. The SMILES string of the molecule is Cc1cc(C(=O)O)nc(CSc2cccc(Br)c2)n1. The predicted molar refractivity (Wildman–Crippen MR) is 77.4 cm³/mol. The molecule has 98 valence electrons.